The molecule has 0 radical (unpaired) electrons. The lowest BCUT2D eigenvalue weighted by atomic mass is 9.98. The predicted octanol–water partition coefficient (Wildman–Crippen LogP) is 8.58. The van der Waals surface area contributed by atoms with Crippen LogP contribution in [0.4, 0.5) is 0 Å². The highest BCUT2D eigenvalue weighted by atomic mass is 14.1. The predicted molar refractivity (Wildman–Crippen MR) is 120 cm³/mol. The summed E-state index contributed by atoms with van der Waals surface area (Å²) in [6.07, 6.45) is 3.52. The van der Waals surface area contributed by atoms with Gasteiger partial charge in [-0.15, -0.1) is 0 Å². The summed E-state index contributed by atoms with van der Waals surface area (Å²) in [6.45, 7) is 20.6. The zero-order valence-electron chi connectivity index (χ0n) is 18.7. The summed E-state index contributed by atoms with van der Waals surface area (Å²) >= 11 is 0. The van der Waals surface area contributed by atoms with Crippen LogP contribution in [0.1, 0.15) is 84.1 Å². The molecule has 0 heterocycles. The standard InChI is InChI=1S/C16H18.C3H8.3C2H6/c1-13-7-3-5-9-15(13)11-12-16-10-6-4-8-14(16)2;1-3-2;3*1-2/h3-10H,11-12H2,1-2H3;3H2,1-2H3;3*1-2H3. The molecule has 0 nitrogen and oxygen atoms in total. The van der Waals surface area contributed by atoms with Gasteiger partial charge < -0.3 is 0 Å². The van der Waals surface area contributed by atoms with E-state index >= 15 is 0 Å². The SMILES string of the molecule is CC.CC.CC.CCC.Cc1ccccc1CCc1ccccc1C. The average Bonchev–Trinajstić information content (AvgIpc) is 2.68. The molecule has 0 atom stereocenters. The van der Waals surface area contributed by atoms with Crippen molar-refractivity contribution in [3.05, 3.63) is 70.8 Å². The fourth-order valence-corrected chi connectivity index (χ4v) is 2.05. The van der Waals surface area contributed by atoms with Gasteiger partial charge in [-0.05, 0) is 48.9 Å². The molecule has 0 aliphatic rings. The van der Waals surface area contributed by atoms with E-state index in [1.54, 1.807) is 0 Å². The first-order valence-corrected chi connectivity index (χ1v) is 10.3. The number of aryl methyl sites for hydroxylation is 4. The second-order valence-electron chi connectivity index (χ2n) is 5.06. The third-order valence-electron chi connectivity index (χ3n) is 3.19. The Morgan fingerprint density at radius 3 is 1.00 bits per heavy atom. The quantitative estimate of drug-likeness (QED) is 0.523. The molecular formula is C25H44. The summed E-state index contributed by atoms with van der Waals surface area (Å²) in [4.78, 5) is 0. The van der Waals surface area contributed by atoms with E-state index < -0.39 is 0 Å². The Morgan fingerprint density at radius 2 is 0.760 bits per heavy atom. The van der Waals surface area contributed by atoms with E-state index in [2.05, 4.69) is 76.2 Å². The molecule has 0 spiro atoms. The summed E-state index contributed by atoms with van der Waals surface area (Å²) in [5.41, 5.74) is 5.73. The third-order valence-corrected chi connectivity index (χ3v) is 3.19. The summed E-state index contributed by atoms with van der Waals surface area (Å²) in [7, 11) is 0. The number of rotatable bonds is 3. The minimum atomic E-state index is 1.14. The average molecular weight is 345 g/mol. The van der Waals surface area contributed by atoms with Gasteiger partial charge in [0, 0.05) is 0 Å². The van der Waals surface area contributed by atoms with Crippen molar-refractivity contribution in [2.75, 3.05) is 0 Å². The molecule has 0 amide bonds. The lowest BCUT2D eigenvalue weighted by Gasteiger charge is -2.07. The smallest absolute Gasteiger partial charge is 0.0236 e. The minimum absolute atomic E-state index is 1.14. The molecule has 2 aromatic rings. The summed E-state index contributed by atoms with van der Waals surface area (Å²) in [5.74, 6) is 0. The van der Waals surface area contributed by atoms with E-state index in [1.165, 1.54) is 28.7 Å². The van der Waals surface area contributed by atoms with Crippen LogP contribution in [-0.4, -0.2) is 0 Å². The first-order chi connectivity index (χ1) is 12.2. The second-order valence-corrected chi connectivity index (χ2v) is 5.06. The Kier molecular flexibility index (Phi) is 25.4. The van der Waals surface area contributed by atoms with Crippen LogP contribution in [0, 0.1) is 13.8 Å². The van der Waals surface area contributed by atoms with Crippen LogP contribution in [0.5, 0.6) is 0 Å². The zero-order valence-corrected chi connectivity index (χ0v) is 18.7. The Balaban J connectivity index is -0.000000464. The molecule has 0 aliphatic carbocycles. The Bertz CT molecular complexity index is 437. The van der Waals surface area contributed by atoms with Gasteiger partial charge in [0.15, 0.2) is 0 Å². The number of hydrogen-bond acceptors (Lipinski definition) is 0. The van der Waals surface area contributed by atoms with Gasteiger partial charge in [0.1, 0.15) is 0 Å². The first kappa shape index (κ1) is 28.3. The normalized spacial score (nSPS) is 8.08. The number of hydrogen-bond donors (Lipinski definition) is 0. The van der Waals surface area contributed by atoms with Crippen LogP contribution in [0.3, 0.4) is 0 Å². The molecule has 2 rings (SSSR count). The molecule has 0 fully saturated rings. The van der Waals surface area contributed by atoms with Gasteiger partial charge in [0.05, 0.1) is 0 Å². The maximum absolute atomic E-state index is 2.23. The van der Waals surface area contributed by atoms with Gasteiger partial charge in [0.25, 0.3) is 0 Å². The van der Waals surface area contributed by atoms with E-state index in [4.69, 9.17) is 0 Å². The monoisotopic (exact) mass is 344 g/mol. The van der Waals surface area contributed by atoms with Crippen molar-refractivity contribution in [3.8, 4) is 0 Å². The third kappa shape index (κ3) is 14.5. The molecule has 0 aliphatic heterocycles. The molecule has 0 aromatic heterocycles. The van der Waals surface area contributed by atoms with Gasteiger partial charge in [-0.2, -0.15) is 0 Å². The van der Waals surface area contributed by atoms with Crippen molar-refractivity contribution >= 4 is 0 Å². The van der Waals surface area contributed by atoms with Crippen LogP contribution in [0.2, 0.25) is 0 Å². The van der Waals surface area contributed by atoms with Crippen LogP contribution in [0.15, 0.2) is 48.5 Å². The Hall–Kier alpha value is -1.56. The highest BCUT2D eigenvalue weighted by Gasteiger charge is 2.00. The fourth-order valence-electron chi connectivity index (χ4n) is 2.05. The van der Waals surface area contributed by atoms with Gasteiger partial charge in [-0.3, -0.25) is 0 Å². The highest BCUT2D eigenvalue weighted by molar-refractivity contribution is 5.30. The zero-order chi connectivity index (χ0) is 20.1. The largest absolute Gasteiger partial charge is 0.0683 e. The molecule has 144 valence electrons. The van der Waals surface area contributed by atoms with Gasteiger partial charge in [-0.1, -0.05) is 110 Å². The van der Waals surface area contributed by atoms with E-state index in [9.17, 15) is 0 Å². The van der Waals surface area contributed by atoms with Crippen molar-refractivity contribution in [2.24, 2.45) is 0 Å². The Labute approximate surface area is 159 Å². The molecule has 0 N–H and O–H groups in total. The van der Waals surface area contributed by atoms with Crippen LogP contribution in [-0.2, 0) is 12.8 Å². The number of benzene rings is 2. The van der Waals surface area contributed by atoms with E-state index in [0.717, 1.165) is 12.8 Å². The molecule has 0 bridgehead atoms. The van der Waals surface area contributed by atoms with Crippen molar-refractivity contribution in [1.82, 2.24) is 0 Å². The minimum Gasteiger partial charge on any atom is -0.0683 e. The fraction of sp³-hybridized carbons (Fsp3) is 0.520. The van der Waals surface area contributed by atoms with Crippen LogP contribution in [0.25, 0.3) is 0 Å². The molecule has 25 heavy (non-hydrogen) atoms. The topological polar surface area (TPSA) is 0 Å². The van der Waals surface area contributed by atoms with Gasteiger partial charge in [0.2, 0.25) is 0 Å². The van der Waals surface area contributed by atoms with Crippen molar-refractivity contribution in [3.63, 3.8) is 0 Å². The Morgan fingerprint density at radius 1 is 0.520 bits per heavy atom. The molecule has 2 aromatic carbocycles. The second kappa shape index (κ2) is 22.4. The molecule has 0 saturated carbocycles. The lowest BCUT2D eigenvalue weighted by Crippen LogP contribution is -1.95. The molecular weight excluding hydrogens is 300 g/mol. The van der Waals surface area contributed by atoms with Crippen molar-refractivity contribution < 1.29 is 0 Å². The van der Waals surface area contributed by atoms with E-state index in [0.29, 0.717) is 0 Å². The summed E-state index contributed by atoms with van der Waals surface area (Å²) in [6, 6.07) is 17.3. The lowest BCUT2D eigenvalue weighted by molar-refractivity contribution is 0.939. The van der Waals surface area contributed by atoms with Gasteiger partial charge in [-0.25, -0.2) is 0 Å². The van der Waals surface area contributed by atoms with Crippen LogP contribution >= 0.6 is 0 Å². The molecule has 0 saturated heterocycles. The van der Waals surface area contributed by atoms with Gasteiger partial charge >= 0.3 is 0 Å². The van der Waals surface area contributed by atoms with Crippen molar-refractivity contribution in [2.45, 2.75) is 88.5 Å². The summed E-state index contributed by atoms with van der Waals surface area (Å²) in [5, 5.41) is 0. The molecule has 0 unspecified atom stereocenters. The highest BCUT2D eigenvalue weighted by Crippen LogP contribution is 2.13. The summed E-state index contributed by atoms with van der Waals surface area (Å²) < 4.78 is 0. The molecule has 0 heteroatoms. The van der Waals surface area contributed by atoms with E-state index in [-0.39, 0.29) is 0 Å². The maximum atomic E-state index is 2.23. The first-order valence-electron chi connectivity index (χ1n) is 10.3. The maximum Gasteiger partial charge on any atom is -0.0236 e. The van der Waals surface area contributed by atoms with E-state index in [1.807, 2.05) is 41.5 Å². The van der Waals surface area contributed by atoms with Crippen molar-refractivity contribution in [1.29, 1.82) is 0 Å². The van der Waals surface area contributed by atoms with Crippen LogP contribution < -0.4 is 0 Å².